The topological polar surface area (TPSA) is 79.7 Å². The van der Waals surface area contributed by atoms with Crippen molar-refractivity contribution >= 4 is 44.1 Å². The van der Waals surface area contributed by atoms with E-state index in [1.807, 2.05) is 0 Å². The van der Waals surface area contributed by atoms with E-state index in [1.54, 1.807) is 24.3 Å². The van der Waals surface area contributed by atoms with Gasteiger partial charge in [-0.15, -0.1) is 0 Å². The molecular formula is C25H16F2N2O4S. The highest BCUT2D eigenvalue weighted by Crippen LogP contribution is 2.44. The summed E-state index contributed by atoms with van der Waals surface area (Å²) in [5.41, 5.74) is 1.00. The standard InChI is InChI=1S/C25H16F2N2O4S/c1-33-17-9-4-14(5-10-17)22(30)20-21(13-2-6-15(26)7-3-13)29(24(32)23(20)31)25-28-18-11-8-16(27)12-19(18)34-25/h2-12,21,30H,1H3. The summed E-state index contributed by atoms with van der Waals surface area (Å²) in [7, 11) is 1.50. The highest BCUT2D eigenvalue weighted by Gasteiger charge is 2.48. The Morgan fingerprint density at radius 2 is 1.68 bits per heavy atom. The highest BCUT2D eigenvalue weighted by atomic mass is 32.1. The number of aliphatic hydroxyl groups excluding tert-OH is 1. The number of amides is 1. The summed E-state index contributed by atoms with van der Waals surface area (Å²) in [4.78, 5) is 31.9. The van der Waals surface area contributed by atoms with Crippen LogP contribution >= 0.6 is 11.3 Å². The lowest BCUT2D eigenvalue weighted by atomic mass is 9.95. The molecule has 1 aliphatic heterocycles. The Hall–Kier alpha value is -4.11. The quantitative estimate of drug-likeness (QED) is 0.248. The number of carbonyl (C=O) groups is 2. The van der Waals surface area contributed by atoms with Crippen molar-refractivity contribution in [3.8, 4) is 5.75 Å². The molecule has 4 aromatic rings. The Balaban J connectivity index is 1.71. The summed E-state index contributed by atoms with van der Waals surface area (Å²) in [6.07, 6.45) is 0. The Morgan fingerprint density at radius 3 is 2.35 bits per heavy atom. The molecule has 1 amide bonds. The van der Waals surface area contributed by atoms with Gasteiger partial charge in [-0.3, -0.25) is 14.5 Å². The average molecular weight is 478 g/mol. The largest absolute Gasteiger partial charge is 0.507 e. The minimum absolute atomic E-state index is 0.158. The zero-order valence-electron chi connectivity index (χ0n) is 17.7. The third-order valence-electron chi connectivity index (χ3n) is 5.54. The van der Waals surface area contributed by atoms with Gasteiger partial charge in [-0.25, -0.2) is 13.8 Å². The number of carbonyl (C=O) groups excluding carboxylic acids is 2. The van der Waals surface area contributed by atoms with Crippen molar-refractivity contribution < 1.29 is 28.2 Å². The molecule has 0 saturated carbocycles. The maximum Gasteiger partial charge on any atom is 0.301 e. The second-order valence-electron chi connectivity index (χ2n) is 7.56. The van der Waals surface area contributed by atoms with Gasteiger partial charge in [0.25, 0.3) is 5.78 Å². The van der Waals surface area contributed by atoms with Crippen LogP contribution in [0.5, 0.6) is 5.75 Å². The number of ether oxygens (including phenoxy) is 1. The van der Waals surface area contributed by atoms with Gasteiger partial charge in [0.2, 0.25) is 0 Å². The van der Waals surface area contributed by atoms with Crippen LogP contribution in [0.3, 0.4) is 0 Å². The molecule has 2 heterocycles. The van der Waals surface area contributed by atoms with Crippen molar-refractivity contribution in [3.05, 3.63) is 95.1 Å². The molecular weight excluding hydrogens is 462 g/mol. The minimum atomic E-state index is -1.06. The number of halogens is 2. The number of Topliss-reactive ketones (excluding diaryl/α,β-unsaturated/α-hetero) is 1. The van der Waals surface area contributed by atoms with Gasteiger partial charge >= 0.3 is 5.91 Å². The number of benzene rings is 3. The highest BCUT2D eigenvalue weighted by molar-refractivity contribution is 7.22. The van der Waals surface area contributed by atoms with E-state index in [0.717, 1.165) is 16.2 Å². The van der Waals surface area contributed by atoms with Crippen molar-refractivity contribution in [2.75, 3.05) is 12.0 Å². The van der Waals surface area contributed by atoms with E-state index in [1.165, 1.54) is 49.6 Å². The lowest BCUT2D eigenvalue weighted by molar-refractivity contribution is -0.132. The minimum Gasteiger partial charge on any atom is -0.507 e. The third kappa shape index (κ3) is 3.60. The van der Waals surface area contributed by atoms with Crippen LogP contribution in [0.1, 0.15) is 17.2 Å². The van der Waals surface area contributed by atoms with E-state index in [2.05, 4.69) is 4.98 Å². The molecule has 1 unspecified atom stereocenters. The lowest BCUT2D eigenvalue weighted by Crippen LogP contribution is -2.29. The van der Waals surface area contributed by atoms with Crippen LogP contribution < -0.4 is 9.64 Å². The zero-order chi connectivity index (χ0) is 24.0. The van der Waals surface area contributed by atoms with Crippen molar-refractivity contribution in [1.29, 1.82) is 0 Å². The molecule has 0 radical (unpaired) electrons. The molecule has 1 fully saturated rings. The fourth-order valence-electron chi connectivity index (χ4n) is 3.88. The fraction of sp³-hybridized carbons (Fsp3) is 0.0800. The van der Waals surface area contributed by atoms with Crippen LogP contribution in [0, 0.1) is 11.6 Å². The van der Waals surface area contributed by atoms with Crippen molar-refractivity contribution in [3.63, 3.8) is 0 Å². The number of methoxy groups -OCH3 is 1. The summed E-state index contributed by atoms with van der Waals surface area (Å²) in [6, 6.07) is 14.6. The first-order valence-electron chi connectivity index (χ1n) is 10.1. The molecule has 1 aromatic heterocycles. The lowest BCUT2D eigenvalue weighted by Gasteiger charge is -2.23. The fourth-order valence-corrected chi connectivity index (χ4v) is 4.90. The van der Waals surface area contributed by atoms with E-state index in [-0.39, 0.29) is 16.5 Å². The molecule has 6 nitrogen and oxygen atoms in total. The smallest absolute Gasteiger partial charge is 0.301 e. The number of hydrogen-bond donors (Lipinski definition) is 1. The molecule has 1 aliphatic rings. The summed E-state index contributed by atoms with van der Waals surface area (Å²) < 4.78 is 33.0. The Labute approximate surface area is 196 Å². The average Bonchev–Trinajstić information content (AvgIpc) is 3.37. The molecule has 0 spiro atoms. The van der Waals surface area contributed by atoms with Crippen LogP contribution in [0.2, 0.25) is 0 Å². The molecule has 0 bridgehead atoms. The number of ketones is 1. The Morgan fingerprint density at radius 1 is 1.00 bits per heavy atom. The van der Waals surface area contributed by atoms with Gasteiger partial charge < -0.3 is 9.84 Å². The number of anilines is 1. The first kappa shape index (κ1) is 21.7. The summed E-state index contributed by atoms with van der Waals surface area (Å²) >= 11 is 1.04. The molecule has 170 valence electrons. The maximum atomic E-state index is 13.7. The molecule has 1 atom stereocenters. The van der Waals surface area contributed by atoms with Gasteiger partial charge in [0.05, 0.1) is 28.9 Å². The van der Waals surface area contributed by atoms with Crippen molar-refractivity contribution in [1.82, 2.24) is 4.98 Å². The molecule has 0 aliphatic carbocycles. The van der Waals surface area contributed by atoms with Gasteiger partial charge in [0.15, 0.2) is 5.13 Å². The van der Waals surface area contributed by atoms with Crippen molar-refractivity contribution in [2.45, 2.75) is 6.04 Å². The predicted molar refractivity (Wildman–Crippen MR) is 124 cm³/mol. The second kappa shape index (κ2) is 8.35. The van der Waals surface area contributed by atoms with E-state index >= 15 is 0 Å². The van der Waals surface area contributed by atoms with Gasteiger partial charge in [-0.1, -0.05) is 23.5 Å². The van der Waals surface area contributed by atoms with Gasteiger partial charge in [-0.05, 0) is 60.2 Å². The zero-order valence-corrected chi connectivity index (χ0v) is 18.5. The first-order valence-corrected chi connectivity index (χ1v) is 11.0. The van der Waals surface area contributed by atoms with E-state index < -0.39 is 29.4 Å². The van der Waals surface area contributed by atoms with Crippen LogP contribution in [0.4, 0.5) is 13.9 Å². The molecule has 9 heteroatoms. The number of hydrogen-bond acceptors (Lipinski definition) is 6. The first-order chi connectivity index (χ1) is 16.4. The molecule has 5 rings (SSSR count). The summed E-state index contributed by atoms with van der Waals surface area (Å²) in [5.74, 6) is -2.60. The van der Waals surface area contributed by atoms with Gasteiger partial charge in [-0.2, -0.15) is 0 Å². The Bertz CT molecular complexity index is 1460. The number of nitrogens with zero attached hydrogens (tertiary/aromatic N) is 2. The number of rotatable bonds is 4. The SMILES string of the molecule is COc1ccc(C(O)=C2C(=O)C(=O)N(c3nc4ccc(F)cc4s3)C2c2ccc(F)cc2)cc1. The maximum absolute atomic E-state index is 13.7. The number of aliphatic hydroxyl groups is 1. The van der Waals surface area contributed by atoms with Crippen molar-refractivity contribution in [2.24, 2.45) is 0 Å². The molecule has 1 N–H and O–H groups in total. The normalized spacial score (nSPS) is 17.5. The van der Waals surface area contributed by atoms with Crippen LogP contribution in [0.15, 0.2) is 72.3 Å². The summed E-state index contributed by atoms with van der Waals surface area (Å²) in [6.45, 7) is 0. The predicted octanol–water partition coefficient (Wildman–Crippen LogP) is 5.21. The number of fused-ring (bicyclic) bond motifs is 1. The van der Waals surface area contributed by atoms with Gasteiger partial charge in [0, 0.05) is 5.56 Å². The van der Waals surface area contributed by atoms with E-state index in [0.29, 0.717) is 27.1 Å². The van der Waals surface area contributed by atoms with Crippen LogP contribution in [0.25, 0.3) is 16.0 Å². The van der Waals surface area contributed by atoms with E-state index in [4.69, 9.17) is 4.74 Å². The summed E-state index contributed by atoms with van der Waals surface area (Å²) in [5, 5.41) is 11.3. The van der Waals surface area contributed by atoms with Gasteiger partial charge in [0.1, 0.15) is 23.1 Å². The number of thiazole rings is 1. The third-order valence-corrected chi connectivity index (χ3v) is 6.56. The second-order valence-corrected chi connectivity index (χ2v) is 8.57. The molecule has 1 saturated heterocycles. The van der Waals surface area contributed by atoms with E-state index in [9.17, 15) is 23.5 Å². The number of aromatic nitrogens is 1. The van der Waals surface area contributed by atoms with Crippen LogP contribution in [-0.2, 0) is 9.59 Å². The molecule has 3 aromatic carbocycles. The monoisotopic (exact) mass is 478 g/mol. The Kier molecular flexibility index (Phi) is 5.33. The van der Waals surface area contributed by atoms with Crippen LogP contribution in [-0.4, -0.2) is 28.9 Å². The molecule has 34 heavy (non-hydrogen) atoms.